The van der Waals surface area contributed by atoms with Crippen LogP contribution in [0.4, 0.5) is 5.82 Å². The van der Waals surface area contributed by atoms with E-state index in [0.29, 0.717) is 0 Å². The van der Waals surface area contributed by atoms with Crippen LogP contribution in [0.15, 0.2) is 36.5 Å². The van der Waals surface area contributed by atoms with E-state index >= 15 is 0 Å². The molecule has 0 unspecified atom stereocenters. The number of rotatable bonds is 5. The highest BCUT2D eigenvalue weighted by Gasteiger charge is 2.14. The van der Waals surface area contributed by atoms with Crippen LogP contribution in [0.2, 0.25) is 0 Å². The summed E-state index contributed by atoms with van der Waals surface area (Å²) in [6.07, 6.45) is 2.94. The quantitative estimate of drug-likeness (QED) is 0.418. The van der Waals surface area contributed by atoms with Crippen molar-refractivity contribution in [2.45, 2.75) is 13.3 Å². The van der Waals surface area contributed by atoms with Crippen LogP contribution in [0.25, 0.3) is 32.6 Å². The number of nitrogens with one attached hydrogen (secondary N) is 3. The Morgan fingerprint density at radius 3 is 2.84 bits per heavy atom. The van der Waals surface area contributed by atoms with Gasteiger partial charge in [0.1, 0.15) is 11.6 Å². The summed E-state index contributed by atoms with van der Waals surface area (Å²) in [4.78, 5) is 8.19. The second-order valence-electron chi connectivity index (χ2n) is 6.44. The number of aromatic amines is 1. The zero-order valence-corrected chi connectivity index (χ0v) is 14.5. The van der Waals surface area contributed by atoms with Crippen LogP contribution in [0.5, 0.6) is 5.75 Å². The van der Waals surface area contributed by atoms with Crippen molar-refractivity contribution in [1.29, 1.82) is 0 Å². The number of benzene rings is 2. The Kier molecular flexibility index (Phi) is 3.93. The van der Waals surface area contributed by atoms with E-state index in [9.17, 15) is 5.11 Å². The first-order valence-corrected chi connectivity index (χ1v) is 8.60. The molecule has 0 fully saturated rings. The first kappa shape index (κ1) is 15.7. The van der Waals surface area contributed by atoms with Crippen molar-refractivity contribution in [1.82, 2.24) is 15.3 Å². The van der Waals surface area contributed by atoms with E-state index in [0.717, 1.165) is 63.5 Å². The predicted molar refractivity (Wildman–Crippen MR) is 105 cm³/mol. The smallest absolute Gasteiger partial charge is 0.136 e. The number of phenols is 1. The van der Waals surface area contributed by atoms with Gasteiger partial charge in [0.05, 0.1) is 10.9 Å². The lowest BCUT2D eigenvalue weighted by Gasteiger charge is -2.09. The standard InChI is InChI=1S/C20H22N4O/c1-12-11-23-20(22-9-3-8-21-2)18-17-15-6-5-14(25)10-13(15)4-7-16(17)24-19(12)18/h4-7,10-11,21,24-25H,3,8-9H2,1-2H3,(H,22,23). The molecule has 0 atom stereocenters. The van der Waals surface area contributed by atoms with Gasteiger partial charge in [-0.3, -0.25) is 0 Å². The van der Waals surface area contributed by atoms with Crippen LogP contribution in [-0.4, -0.2) is 35.2 Å². The van der Waals surface area contributed by atoms with Crippen molar-refractivity contribution in [3.63, 3.8) is 0 Å². The van der Waals surface area contributed by atoms with Crippen molar-refractivity contribution in [3.05, 3.63) is 42.1 Å². The van der Waals surface area contributed by atoms with Gasteiger partial charge >= 0.3 is 0 Å². The number of fused-ring (bicyclic) bond motifs is 5. The average Bonchev–Trinajstić information content (AvgIpc) is 3.01. The Bertz CT molecular complexity index is 1070. The summed E-state index contributed by atoms with van der Waals surface area (Å²) in [5, 5.41) is 20.9. The van der Waals surface area contributed by atoms with Gasteiger partial charge in [-0.2, -0.15) is 0 Å². The maximum Gasteiger partial charge on any atom is 0.136 e. The van der Waals surface area contributed by atoms with Crippen LogP contribution in [0.3, 0.4) is 0 Å². The Morgan fingerprint density at radius 1 is 1.12 bits per heavy atom. The highest BCUT2D eigenvalue weighted by Crippen LogP contribution is 2.37. The number of H-pyrrole nitrogens is 1. The van der Waals surface area contributed by atoms with Gasteiger partial charge in [0.25, 0.3) is 0 Å². The zero-order valence-electron chi connectivity index (χ0n) is 14.5. The van der Waals surface area contributed by atoms with Crippen LogP contribution in [-0.2, 0) is 0 Å². The molecule has 0 aliphatic rings. The number of aryl methyl sites for hydroxylation is 1. The second-order valence-corrected chi connectivity index (χ2v) is 6.44. The summed E-state index contributed by atoms with van der Waals surface area (Å²) in [6, 6.07) is 9.63. The van der Waals surface area contributed by atoms with Crippen LogP contribution in [0, 0.1) is 6.92 Å². The molecule has 0 amide bonds. The van der Waals surface area contributed by atoms with Gasteiger partial charge in [-0.15, -0.1) is 0 Å². The van der Waals surface area contributed by atoms with Gasteiger partial charge in [-0.1, -0.05) is 12.1 Å². The normalized spacial score (nSPS) is 11.6. The van der Waals surface area contributed by atoms with Crippen molar-refractivity contribution < 1.29 is 5.11 Å². The molecular weight excluding hydrogens is 312 g/mol. The molecule has 5 heteroatoms. The summed E-state index contributed by atoms with van der Waals surface area (Å²) in [7, 11) is 1.96. The lowest BCUT2D eigenvalue weighted by atomic mass is 10.0. The maximum absolute atomic E-state index is 9.79. The molecule has 0 radical (unpaired) electrons. The van der Waals surface area contributed by atoms with Crippen molar-refractivity contribution in [2.24, 2.45) is 0 Å². The first-order chi connectivity index (χ1) is 12.2. The zero-order chi connectivity index (χ0) is 17.4. The number of phenolic OH excluding ortho intramolecular Hbond substituents is 1. The molecule has 4 N–H and O–H groups in total. The number of aromatic hydroxyl groups is 1. The number of pyridine rings is 1. The monoisotopic (exact) mass is 334 g/mol. The minimum absolute atomic E-state index is 0.284. The molecule has 0 saturated heterocycles. The number of aromatic nitrogens is 2. The van der Waals surface area contributed by atoms with Crippen molar-refractivity contribution in [2.75, 3.05) is 25.5 Å². The van der Waals surface area contributed by atoms with Gasteiger partial charge in [0, 0.05) is 23.6 Å². The summed E-state index contributed by atoms with van der Waals surface area (Å²) in [5.74, 6) is 1.19. The van der Waals surface area contributed by atoms with Gasteiger partial charge < -0.3 is 20.7 Å². The van der Waals surface area contributed by atoms with Crippen molar-refractivity contribution in [3.8, 4) is 5.75 Å². The summed E-state index contributed by atoms with van der Waals surface area (Å²) >= 11 is 0. The minimum Gasteiger partial charge on any atom is -0.508 e. The summed E-state index contributed by atoms with van der Waals surface area (Å²) < 4.78 is 0. The maximum atomic E-state index is 9.79. The Balaban J connectivity index is 1.96. The fraction of sp³-hybridized carbons (Fsp3) is 0.250. The third-order valence-electron chi connectivity index (χ3n) is 4.68. The Morgan fingerprint density at radius 2 is 2.00 bits per heavy atom. The molecule has 4 rings (SSSR count). The highest BCUT2D eigenvalue weighted by atomic mass is 16.3. The average molecular weight is 334 g/mol. The molecule has 128 valence electrons. The lowest BCUT2D eigenvalue weighted by Crippen LogP contribution is -2.13. The molecular formula is C20H22N4O. The van der Waals surface area contributed by atoms with Gasteiger partial charge in [0.2, 0.25) is 0 Å². The van der Waals surface area contributed by atoms with E-state index in [2.05, 4.69) is 33.6 Å². The molecule has 2 heterocycles. The molecule has 0 spiro atoms. The van der Waals surface area contributed by atoms with E-state index < -0.39 is 0 Å². The Hall–Kier alpha value is -2.79. The summed E-state index contributed by atoms with van der Waals surface area (Å²) in [6.45, 7) is 3.91. The number of nitrogens with zero attached hydrogens (tertiary/aromatic N) is 1. The van der Waals surface area contributed by atoms with Gasteiger partial charge in [-0.05, 0) is 61.5 Å². The molecule has 0 saturated carbocycles. The van der Waals surface area contributed by atoms with E-state index in [4.69, 9.17) is 0 Å². The van der Waals surface area contributed by atoms with E-state index in [1.165, 1.54) is 0 Å². The molecule has 2 aromatic heterocycles. The largest absolute Gasteiger partial charge is 0.508 e. The highest BCUT2D eigenvalue weighted by molar-refractivity contribution is 6.23. The second kappa shape index (κ2) is 6.26. The number of hydrogen-bond donors (Lipinski definition) is 4. The number of anilines is 1. The molecule has 25 heavy (non-hydrogen) atoms. The fourth-order valence-corrected chi connectivity index (χ4v) is 3.44. The van der Waals surface area contributed by atoms with E-state index in [-0.39, 0.29) is 5.75 Å². The predicted octanol–water partition coefficient (Wildman–Crippen LogP) is 3.90. The number of hydrogen-bond acceptors (Lipinski definition) is 4. The van der Waals surface area contributed by atoms with Gasteiger partial charge in [0.15, 0.2) is 0 Å². The lowest BCUT2D eigenvalue weighted by molar-refractivity contribution is 0.476. The fourth-order valence-electron chi connectivity index (χ4n) is 3.44. The summed E-state index contributed by atoms with van der Waals surface area (Å²) in [5.41, 5.74) is 3.32. The van der Waals surface area contributed by atoms with Crippen molar-refractivity contribution >= 4 is 38.4 Å². The van der Waals surface area contributed by atoms with E-state index in [1.807, 2.05) is 25.4 Å². The molecule has 0 aliphatic carbocycles. The van der Waals surface area contributed by atoms with E-state index in [1.54, 1.807) is 12.1 Å². The molecule has 4 aromatic rings. The van der Waals surface area contributed by atoms with Crippen LogP contribution >= 0.6 is 0 Å². The minimum atomic E-state index is 0.284. The van der Waals surface area contributed by atoms with Crippen LogP contribution in [0.1, 0.15) is 12.0 Å². The molecule has 0 bridgehead atoms. The topological polar surface area (TPSA) is 73.0 Å². The SMILES string of the molecule is CNCCCNc1ncc(C)c2[nH]c3ccc4cc(O)ccc4c3c12. The van der Waals surface area contributed by atoms with Gasteiger partial charge in [-0.25, -0.2) is 4.98 Å². The molecule has 2 aromatic carbocycles. The molecule has 0 aliphatic heterocycles. The third kappa shape index (κ3) is 2.66. The van der Waals surface area contributed by atoms with Crippen LogP contribution < -0.4 is 10.6 Å². The first-order valence-electron chi connectivity index (χ1n) is 8.60. The molecule has 5 nitrogen and oxygen atoms in total. The Labute approximate surface area is 146 Å². The third-order valence-corrected chi connectivity index (χ3v) is 4.68.